The predicted molar refractivity (Wildman–Crippen MR) is 116 cm³/mol. The molecular formula is C24H31FN2O4. The molecule has 31 heavy (non-hydrogen) atoms. The Morgan fingerprint density at radius 1 is 1.10 bits per heavy atom. The Morgan fingerprint density at radius 3 is 2.26 bits per heavy atom. The molecule has 0 aliphatic carbocycles. The zero-order valence-electron chi connectivity index (χ0n) is 17.9. The van der Waals surface area contributed by atoms with Gasteiger partial charge in [0.2, 0.25) is 0 Å². The van der Waals surface area contributed by atoms with E-state index in [1.54, 1.807) is 12.1 Å². The summed E-state index contributed by atoms with van der Waals surface area (Å²) in [6.07, 6.45) is 0.931. The summed E-state index contributed by atoms with van der Waals surface area (Å²) in [4.78, 5) is 13.7. The maximum atomic E-state index is 12.9. The van der Waals surface area contributed by atoms with E-state index in [1.165, 1.54) is 19.2 Å². The van der Waals surface area contributed by atoms with Crippen LogP contribution in [-0.2, 0) is 22.6 Å². The van der Waals surface area contributed by atoms with Crippen LogP contribution in [0.4, 0.5) is 4.39 Å². The van der Waals surface area contributed by atoms with Crippen molar-refractivity contribution in [1.82, 2.24) is 10.2 Å². The van der Waals surface area contributed by atoms with Crippen molar-refractivity contribution in [1.29, 1.82) is 0 Å². The topological polar surface area (TPSA) is 71.0 Å². The minimum Gasteiger partial charge on any atom is -0.491 e. The van der Waals surface area contributed by atoms with Crippen LogP contribution in [0.1, 0.15) is 24.0 Å². The average molecular weight is 431 g/mol. The van der Waals surface area contributed by atoms with Gasteiger partial charge in [-0.1, -0.05) is 24.3 Å². The lowest BCUT2D eigenvalue weighted by Crippen LogP contribution is -2.42. The molecule has 1 aliphatic rings. The number of nitrogens with one attached hydrogen (secondary N) is 1. The van der Waals surface area contributed by atoms with E-state index in [4.69, 9.17) is 9.47 Å². The Balaban J connectivity index is 1.33. The standard InChI is InChI=1S/C24H31FN2O4/c1-30-24(29)20-10-12-27(13-11-20)16-22(28)17-31-23-8-4-19(5-9-23)15-26-14-18-2-6-21(25)7-3-18/h2-9,20,22,26,28H,10-17H2,1H3. The Bertz CT molecular complexity index is 805. The number of rotatable bonds is 10. The first kappa shape index (κ1) is 23.2. The third-order valence-electron chi connectivity index (χ3n) is 5.53. The highest BCUT2D eigenvalue weighted by Crippen LogP contribution is 2.19. The zero-order valence-corrected chi connectivity index (χ0v) is 17.9. The number of hydrogen-bond acceptors (Lipinski definition) is 6. The number of piperidine rings is 1. The lowest BCUT2D eigenvalue weighted by Gasteiger charge is -2.31. The van der Waals surface area contributed by atoms with Gasteiger partial charge in [0.05, 0.1) is 13.0 Å². The van der Waals surface area contributed by atoms with Gasteiger partial charge in [-0.25, -0.2) is 4.39 Å². The van der Waals surface area contributed by atoms with E-state index in [0.717, 1.165) is 37.1 Å². The second-order valence-electron chi connectivity index (χ2n) is 7.94. The van der Waals surface area contributed by atoms with Crippen LogP contribution in [0.25, 0.3) is 0 Å². The summed E-state index contributed by atoms with van der Waals surface area (Å²) in [7, 11) is 1.42. The molecule has 0 aromatic heterocycles. The van der Waals surface area contributed by atoms with Gasteiger partial charge < -0.3 is 24.8 Å². The maximum absolute atomic E-state index is 12.9. The van der Waals surface area contributed by atoms with Gasteiger partial charge in [0.1, 0.15) is 24.3 Å². The first-order chi connectivity index (χ1) is 15.0. The molecule has 0 bridgehead atoms. The summed E-state index contributed by atoms with van der Waals surface area (Å²) in [5.41, 5.74) is 2.15. The maximum Gasteiger partial charge on any atom is 0.308 e. The molecule has 2 aromatic carbocycles. The number of carbonyl (C=O) groups excluding carboxylic acids is 1. The number of aliphatic hydroxyl groups is 1. The number of hydrogen-bond donors (Lipinski definition) is 2. The first-order valence-corrected chi connectivity index (χ1v) is 10.7. The number of aliphatic hydroxyl groups excluding tert-OH is 1. The Kier molecular flexibility index (Phi) is 8.82. The molecule has 1 saturated heterocycles. The zero-order chi connectivity index (χ0) is 22.1. The minimum absolute atomic E-state index is 0.0293. The SMILES string of the molecule is COC(=O)C1CCN(CC(O)COc2ccc(CNCc3ccc(F)cc3)cc2)CC1. The number of benzene rings is 2. The van der Waals surface area contributed by atoms with Gasteiger partial charge in [0.15, 0.2) is 0 Å². The highest BCUT2D eigenvalue weighted by atomic mass is 19.1. The summed E-state index contributed by atoms with van der Waals surface area (Å²) in [6.45, 7) is 3.66. The molecule has 0 amide bonds. The molecule has 1 atom stereocenters. The van der Waals surface area contributed by atoms with Crippen molar-refractivity contribution in [3.05, 3.63) is 65.5 Å². The normalized spacial score (nSPS) is 16.1. The van der Waals surface area contributed by atoms with Crippen LogP contribution in [0.15, 0.2) is 48.5 Å². The number of likely N-dealkylation sites (tertiary alicyclic amines) is 1. The molecule has 2 aromatic rings. The fourth-order valence-corrected chi connectivity index (χ4v) is 3.72. The van der Waals surface area contributed by atoms with E-state index < -0.39 is 6.10 Å². The Hall–Kier alpha value is -2.48. The van der Waals surface area contributed by atoms with Crippen molar-refractivity contribution >= 4 is 5.97 Å². The molecule has 168 valence electrons. The Labute approximate surface area is 183 Å². The van der Waals surface area contributed by atoms with E-state index in [0.29, 0.717) is 25.4 Å². The molecule has 7 heteroatoms. The van der Waals surface area contributed by atoms with E-state index in [-0.39, 0.29) is 24.3 Å². The van der Waals surface area contributed by atoms with Gasteiger partial charge in [0, 0.05) is 19.6 Å². The van der Waals surface area contributed by atoms with E-state index >= 15 is 0 Å². The Morgan fingerprint density at radius 2 is 1.68 bits per heavy atom. The summed E-state index contributed by atoms with van der Waals surface area (Å²) in [6, 6.07) is 14.2. The third-order valence-corrected chi connectivity index (χ3v) is 5.53. The fourth-order valence-electron chi connectivity index (χ4n) is 3.72. The van der Waals surface area contributed by atoms with E-state index in [1.807, 2.05) is 24.3 Å². The van der Waals surface area contributed by atoms with Gasteiger partial charge in [0.25, 0.3) is 0 Å². The van der Waals surface area contributed by atoms with Crippen molar-refractivity contribution in [3.63, 3.8) is 0 Å². The average Bonchev–Trinajstić information content (AvgIpc) is 2.80. The van der Waals surface area contributed by atoms with Crippen molar-refractivity contribution in [2.75, 3.05) is 33.4 Å². The lowest BCUT2D eigenvalue weighted by molar-refractivity contribution is -0.147. The second kappa shape index (κ2) is 11.8. The van der Waals surface area contributed by atoms with Gasteiger partial charge in [-0.15, -0.1) is 0 Å². The molecule has 1 fully saturated rings. The van der Waals surface area contributed by atoms with Crippen LogP contribution in [0.5, 0.6) is 5.75 Å². The summed E-state index contributed by atoms with van der Waals surface area (Å²) < 4.78 is 23.5. The van der Waals surface area contributed by atoms with Crippen LogP contribution >= 0.6 is 0 Å². The monoisotopic (exact) mass is 430 g/mol. The molecule has 0 saturated carbocycles. The van der Waals surface area contributed by atoms with E-state index in [2.05, 4.69) is 10.2 Å². The molecule has 0 radical (unpaired) electrons. The minimum atomic E-state index is -0.591. The van der Waals surface area contributed by atoms with Crippen molar-refractivity contribution in [2.24, 2.45) is 5.92 Å². The number of esters is 1. The molecular weight excluding hydrogens is 399 g/mol. The number of ether oxygens (including phenoxy) is 2. The molecule has 0 spiro atoms. The quantitative estimate of drug-likeness (QED) is 0.565. The molecule has 3 rings (SSSR count). The third kappa shape index (κ3) is 7.61. The summed E-state index contributed by atoms with van der Waals surface area (Å²) in [5, 5.41) is 13.6. The highest BCUT2D eigenvalue weighted by Gasteiger charge is 2.26. The van der Waals surface area contributed by atoms with Gasteiger partial charge in [-0.2, -0.15) is 0 Å². The number of carbonyl (C=O) groups is 1. The largest absolute Gasteiger partial charge is 0.491 e. The summed E-state index contributed by atoms with van der Waals surface area (Å²) in [5.74, 6) is 0.314. The van der Waals surface area contributed by atoms with Gasteiger partial charge in [-0.05, 0) is 61.3 Å². The summed E-state index contributed by atoms with van der Waals surface area (Å²) >= 11 is 0. The van der Waals surface area contributed by atoms with Gasteiger partial charge >= 0.3 is 5.97 Å². The lowest BCUT2D eigenvalue weighted by atomic mass is 9.97. The predicted octanol–water partition coefficient (Wildman–Crippen LogP) is 2.74. The van der Waals surface area contributed by atoms with Crippen molar-refractivity contribution in [3.8, 4) is 5.75 Å². The first-order valence-electron chi connectivity index (χ1n) is 10.7. The molecule has 1 heterocycles. The fraction of sp³-hybridized carbons (Fsp3) is 0.458. The van der Waals surface area contributed by atoms with Crippen molar-refractivity contribution < 1.29 is 23.8 Å². The van der Waals surface area contributed by atoms with Crippen molar-refractivity contribution in [2.45, 2.75) is 32.0 Å². The number of halogens is 1. The number of β-amino-alcohol motifs (C(OH)–C–C–N with tert-alkyl or cyclic N) is 1. The van der Waals surface area contributed by atoms with Crippen LogP contribution in [0, 0.1) is 11.7 Å². The molecule has 2 N–H and O–H groups in total. The number of methoxy groups -OCH3 is 1. The van der Waals surface area contributed by atoms with Crippen LogP contribution in [0.3, 0.4) is 0 Å². The number of nitrogens with zero attached hydrogens (tertiary/aromatic N) is 1. The highest BCUT2D eigenvalue weighted by molar-refractivity contribution is 5.72. The second-order valence-corrected chi connectivity index (χ2v) is 7.94. The van der Waals surface area contributed by atoms with Crippen LogP contribution < -0.4 is 10.1 Å². The van der Waals surface area contributed by atoms with Crippen LogP contribution in [-0.4, -0.2) is 55.4 Å². The molecule has 1 aliphatic heterocycles. The van der Waals surface area contributed by atoms with E-state index in [9.17, 15) is 14.3 Å². The molecule has 6 nitrogen and oxygen atoms in total. The smallest absolute Gasteiger partial charge is 0.308 e. The van der Waals surface area contributed by atoms with Gasteiger partial charge in [-0.3, -0.25) is 4.79 Å². The van der Waals surface area contributed by atoms with Crippen LogP contribution in [0.2, 0.25) is 0 Å². The molecule has 1 unspecified atom stereocenters.